The van der Waals surface area contributed by atoms with E-state index in [-0.39, 0.29) is 5.81 Å². The summed E-state index contributed by atoms with van der Waals surface area (Å²) in [4.78, 5) is 19.1. The molecule has 0 spiro atoms. The molecule has 1 amide bonds. The summed E-state index contributed by atoms with van der Waals surface area (Å²) in [5.41, 5.74) is 1.12. The lowest BCUT2D eigenvalue weighted by atomic mass is 9.89. The third kappa shape index (κ3) is 4.25. The Balaban J connectivity index is 1.89. The largest absolute Gasteiger partial charge is 0.433 e. The van der Waals surface area contributed by atoms with E-state index >= 15 is 0 Å². The van der Waals surface area contributed by atoms with E-state index in [9.17, 15) is 9.82 Å². The normalized spacial score (nSPS) is 16.0. The van der Waals surface area contributed by atoms with Crippen LogP contribution >= 0.6 is 0 Å². The van der Waals surface area contributed by atoms with Crippen LogP contribution < -0.4 is 5.23 Å². The highest BCUT2D eigenvalue weighted by molar-refractivity contribution is 6.56. The van der Waals surface area contributed by atoms with Crippen LogP contribution in [0.2, 0.25) is 6.82 Å². The molecule has 2 heterocycles. The fourth-order valence-corrected chi connectivity index (χ4v) is 2.25. The van der Waals surface area contributed by atoms with Crippen molar-refractivity contribution in [1.29, 1.82) is 0 Å². The highest BCUT2D eigenvalue weighted by Gasteiger charge is 2.18. The minimum Gasteiger partial charge on any atom is -0.433 e. The van der Waals surface area contributed by atoms with Gasteiger partial charge in [0.25, 0.3) is 0 Å². The predicted octanol–water partition coefficient (Wildman–Crippen LogP) is 0.00990. The molecule has 8 heteroatoms. The average molecular weight is 272 g/mol. The molecule has 0 saturated carbocycles. The number of hydrogen-bond donors (Lipinski definition) is 2. The SMILES string of the molecule is [B]C(=O)N1CCN(Cc2ccnc(NB(C)O)c2)CC1. The molecule has 1 aliphatic rings. The van der Waals surface area contributed by atoms with Gasteiger partial charge in [-0.1, -0.05) is 0 Å². The van der Waals surface area contributed by atoms with E-state index in [4.69, 9.17) is 7.85 Å². The minimum atomic E-state index is -0.628. The Labute approximate surface area is 120 Å². The fourth-order valence-electron chi connectivity index (χ4n) is 2.25. The van der Waals surface area contributed by atoms with Crippen LogP contribution in [0.15, 0.2) is 18.3 Å². The molecule has 1 saturated heterocycles. The van der Waals surface area contributed by atoms with E-state index in [1.807, 2.05) is 12.1 Å². The van der Waals surface area contributed by atoms with Gasteiger partial charge < -0.3 is 15.2 Å². The van der Waals surface area contributed by atoms with E-state index in [1.54, 1.807) is 17.9 Å². The van der Waals surface area contributed by atoms with Gasteiger partial charge in [0.05, 0.1) is 0 Å². The Morgan fingerprint density at radius 1 is 1.50 bits per heavy atom. The van der Waals surface area contributed by atoms with Crippen molar-refractivity contribution >= 4 is 26.5 Å². The molecule has 1 fully saturated rings. The number of rotatable bonds is 4. The summed E-state index contributed by atoms with van der Waals surface area (Å²) in [5.74, 6) is 0.310. The number of carbonyl (C=O) groups excluding carboxylic acids is 1. The first-order valence-corrected chi connectivity index (χ1v) is 6.71. The lowest BCUT2D eigenvalue weighted by Gasteiger charge is -2.34. The van der Waals surface area contributed by atoms with Crippen LogP contribution in [0.4, 0.5) is 10.6 Å². The molecule has 20 heavy (non-hydrogen) atoms. The molecule has 2 rings (SSSR count). The van der Waals surface area contributed by atoms with Crippen LogP contribution in [-0.2, 0) is 6.54 Å². The number of piperazine rings is 1. The second kappa shape index (κ2) is 6.76. The number of anilines is 1. The van der Waals surface area contributed by atoms with Crippen molar-refractivity contribution in [1.82, 2.24) is 14.8 Å². The maximum Gasteiger partial charge on any atom is 0.408 e. The zero-order valence-electron chi connectivity index (χ0n) is 11.6. The molecule has 0 bridgehead atoms. The van der Waals surface area contributed by atoms with E-state index in [1.165, 1.54) is 0 Å². The first-order chi connectivity index (χ1) is 9.54. The predicted molar refractivity (Wildman–Crippen MR) is 79.7 cm³/mol. The van der Waals surface area contributed by atoms with Crippen molar-refractivity contribution in [3.05, 3.63) is 23.9 Å². The molecule has 0 aromatic carbocycles. The number of pyridine rings is 1. The van der Waals surface area contributed by atoms with Gasteiger partial charge in [-0.25, -0.2) is 4.98 Å². The van der Waals surface area contributed by atoms with Gasteiger partial charge in [-0.2, -0.15) is 0 Å². The van der Waals surface area contributed by atoms with Gasteiger partial charge in [0.15, 0.2) is 5.81 Å². The van der Waals surface area contributed by atoms with E-state index in [0.717, 1.165) is 25.2 Å². The maximum atomic E-state index is 11.1. The Hall–Kier alpha value is -1.53. The summed E-state index contributed by atoms with van der Waals surface area (Å²) in [6.07, 6.45) is 1.72. The molecule has 104 valence electrons. The van der Waals surface area contributed by atoms with Gasteiger partial charge >= 0.3 is 7.05 Å². The molecular formula is C12H18B2N4O2. The molecule has 6 nitrogen and oxygen atoms in total. The monoisotopic (exact) mass is 272 g/mol. The highest BCUT2D eigenvalue weighted by Crippen LogP contribution is 2.12. The molecule has 2 N–H and O–H groups in total. The first kappa shape index (κ1) is 14.9. The van der Waals surface area contributed by atoms with Gasteiger partial charge in [-0.3, -0.25) is 9.69 Å². The average Bonchev–Trinajstić information content (AvgIpc) is 2.39. The van der Waals surface area contributed by atoms with Crippen LogP contribution in [0, 0.1) is 0 Å². The first-order valence-electron chi connectivity index (χ1n) is 6.71. The van der Waals surface area contributed by atoms with E-state index in [0.29, 0.717) is 18.9 Å². The van der Waals surface area contributed by atoms with E-state index in [2.05, 4.69) is 15.1 Å². The van der Waals surface area contributed by atoms with Gasteiger partial charge in [0, 0.05) is 38.9 Å². The molecule has 1 aliphatic heterocycles. The summed E-state index contributed by atoms with van der Waals surface area (Å²) in [6, 6.07) is 3.88. The van der Waals surface area contributed by atoms with Crippen LogP contribution in [0.3, 0.4) is 0 Å². The van der Waals surface area contributed by atoms with Crippen LogP contribution in [-0.4, -0.2) is 66.7 Å². The van der Waals surface area contributed by atoms with Crippen molar-refractivity contribution in [2.75, 3.05) is 31.4 Å². The van der Waals surface area contributed by atoms with Crippen molar-refractivity contribution < 1.29 is 9.82 Å². The number of aromatic nitrogens is 1. The quantitative estimate of drug-likeness (QED) is 0.756. The Bertz CT molecular complexity index is 465. The van der Waals surface area contributed by atoms with Crippen LogP contribution in [0.5, 0.6) is 0 Å². The topological polar surface area (TPSA) is 68.7 Å². The van der Waals surface area contributed by atoms with Gasteiger partial charge in [-0.15, -0.1) is 0 Å². The Morgan fingerprint density at radius 3 is 2.80 bits per heavy atom. The molecular weight excluding hydrogens is 254 g/mol. The fraction of sp³-hybridized carbons (Fsp3) is 0.500. The summed E-state index contributed by atoms with van der Waals surface area (Å²) in [6.45, 7) is 5.40. The van der Waals surface area contributed by atoms with Crippen molar-refractivity contribution in [2.45, 2.75) is 13.4 Å². The molecule has 0 unspecified atom stereocenters. The van der Waals surface area contributed by atoms with Crippen molar-refractivity contribution in [3.8, 4) is 0 Å². The maximum absolute atomic E-state index is 11.1. The number of carbonyl (C=O) groups is 1. The molecule has 1 aromatic rings. The second-order valence-electron chi connectivity index (χ2n) is 4.97. The number of nitrogens with one attached hydrogen (secondary N) is 1. The number of nitrogens with zero attached hydrogens (tertiary/aromatic N) is 3. The van der Waals surface area contributed by atoms with Crippen molar-refractivity contribution in [3.63, 3.8) is 0 Å². The smallest absolute Gasteiger partial charge is 0.408 e. The summed E-state index contributed by atoms with van der Waals surface area (Å²) in [5, 5.41) is 12.1. The Morgan fingerprint density at radius 2 is 2.20 bits per heavy atom. The zero-order chi connectivity index (χ0) is 14.5. The molecule has 2 radical (unpaired) electrons. The van der Waals surface area contributed by atoms with Gasteiger partial charge in [-0.05, 0) is 24.5 Å². The number of amides is 1. The van der Waals surface area contributed by atoms with Crippen molar-refractivity contribution in [2.24, 2.45) is 0 Å². The zero-order valence-corrected chi connectivity index (χ0v) is 11.6. The van der Waals surface area contributed by atoms with E-state index < -0.39 is 7.05 Å². The molecule has 1 aromatic heterocycles. The van der Waals surface area contributed by atoms with Gasteiger partial charge in [0.1, 0.15) is 5.82 Å². The lowest BCUT2D eigenvalue weighted by Crippen LogP contribution is -2.47. The summed E-state index contributed by atoms with van der Waals surface area (Å²) in [7, 11) is 4.63. The third-order valence-corrected chi connectivity index (χ3v) is 3.27. The minimum absolute atomic E-state index is 0.350. The second-order valence-corrected chi connectivity index (χ2v) is 4.97. The highest BCUT2D eigenvalue weighted by atomic mass is 16.2. The van der Waals surface area contributed by atoms with Crippen LogP contribution in [0.25, 0.3) is 0 Å². The van der Waals surface area contributed by atoms with Crippen LogP contribution in [0.1, 0.15) is 5.56 Å². The lowest BCUT2D eigenvalue weighted by molar-refractivity contribution is 0.148. The third-order valence-electron chi connectivity index (χ3n) is 3.27. The molecule has 0 aliphatic carbocycles. The summed E-state index contributed by atoms with van der Waals surface area (Å²) < 4.78 is 0. The Kier molecular flexibility index (Phi) is 5.03. The van der Waals surface area contributed by atoms with Gasteiger partial charge in [0.2, 0.25) is 7.85 Å². The number of hydrogen-bond acceptors (Lipinski definition) is 5. The standard InChI is InChI=1S/C12H18B2N4O2/c1-14(20)16-11-8-10(2-3-15-11)9-17-4-6-18(7-5-17)12(13)19/h2-3,8,20H,4-7,9H2,1H3,(H,15,16). The summed E-state index contributed by atoms with van der Waals surface area (Å²) >= 11 is 0. The molecule has 0 atom stereocenters.